The number of anilines is 1. The number of nitrogens with zero attached hydrogens (tertiary/aromatic N) is 3. The standard InChI is InChI=1S/C24H26N4O2/c1-24(2,29)9-8-17-4-3-5-19(10-17)16-30-22-11-20(12-26-23(22)25)21-13-27-28(15-21)14-18-6-7-18/h3-5,10-13,15,18,29H,6-7,14,16H2,1-2H3,(H2,25,26)/i14D. The lowest BCUT2D eigenvalue weighted by molar-refractivity contribution is 0.143. The minimum absolute atomic E-state index is 0.309. The second-order valence-corrected chi connectivity index (χ2v) is 8.10. The molecule has 0 aliphatic heterocycles. The highest BCUT2D eigenvalue weighted by molar-refractivity contribution is 5.65. The van der Waals surface area contributed by atoms with Crippen LogP contribution in [0.3, 0.4) is 0 Å². The van der Waals surface area contributed by atoms with Crippen molar-refractivity contribution in [1.82, 2.24) is 14.8 Å². The van der Waals surface area contributed by atoms with Gasteiger partial charge in [-0.1, -0.05) is 24.0 Å². The van der Waals surface area contributed by atoms with Crippen molar-refractivity contribution in [3.63, 3.8) is 0 Å². The van der Waals surface area contributed by atoms with E-state index < -0.39 is 5.60 Å². The van der Waals surface area contributed by atoms with Crippen LogP contribution in [0.4, 0.5) is 5.82 Å². The molecule has 1 unspecified atom stereocenters. The number of ether oxygens (including phenoxy) is 1. The maximum Gasteiger partial charge on any atom is 0.166 e. The van der Waals surface area contributed by atoms with Crippen LogP contribution in [0.2, 0.25) is 0 Å². The van der Waals surface area contributed by atoms with Gasteiger partial charge < -0.3 is 15.6 Å². The maximum absolute atomic E-state index is 9.78. The molecular weight excluding hydrogens is 376 g/mol. The predicted octanol–water partition coefficient (Wildman–Crippen LogP) is 3.64. The molecule has 1 aromatic carbocycles. The van der Waals surface area contributed by atoms with E-state index in [0.29, 0.717) is 24.1 Å². The number of nitrogen functional groups attached to an aromatic ring is 1. The number of aromatic nitrogens is 3. The number of hydrogen-bond donors (Lipinski definition) is 2. The molecule has 4 rings (SSSR count). The average molecular weight is 404 g/mol. The Bertz CT molecular complexity index is 1140. The highest BCUT2D eigenvalue weighted by Crippen LogP contribution is 2.31. The summed E-state index contributed by atoms with van der Waals surface area (Å²) >= 11 is 0. The lowest BCUT2D eigenvalue weighted by Crippen LogP contribution is -2.14. The molecule has 1 aliphatic carbocycles. The van der Waals surface area contributed by atoms with Crippen molar-refractivity contribution in [3.05, 3.63) is 60.0 Å². The highest BCUT2D eigenvalue weighted by atomic mass is 16.5. The maximum atomic E-state index is 9.78. The van der Waals surface area contributed by atoms with E-state index in [1.165, 1.54) is 0 Å². The van der Waals surface area contributed by atoms with Crippen LogP contribution >= 0.6 is 0 Å². The van der Waals surface area contributed by atoms with Crippen molar-refractivity contribution >= 4 is 5.82 Å². The van der Waals surface area contributed by atoms with Crippen LogP contribution in [-0.2, 0) is 13.1 Å². The topological polar surface area (TPSA) is 86.2 Å². The van der Waals surface area contributed by atoms with Gasteiger partial charge in [-0.15, -0.1) is 0 Å². The normalized spacial score (nSPS) is 15.1. The van der Waals surface area contributed by atoms with Crippen LogP contribution in [0.5, 0.6) is 5.75 Å². The van der Waals surface area contributed by atoms with Gasteiger partial charge in [0.1, 0.15) is 12.2 Å². The van der Waals surface area contributed by atoms with Crippen LogP contribution in [-0.4, -0.2) is 25.5 Å². The quantitative estimate of drug-likeness (QED) is 0.614. The molecule has 1 fully saturated rings. The van der Waals surface area contributed by atoms with Gasteiger partial charge in [0.25, 0.3) is 0 Å². The Morgan fingerprint density at radius 1 is 1.30 bits per heavy atom. The molecule has 1 aliphatic rings. The Hall–Kier alpha value is -3.30. The lowest BCUT2D eigenvalue weighted by atomic mass is 10.1. The first kappa shape index (κ1) is 18.7. The van der Waals surface area contributed by atoms with Crippen molar-refractivity contribution in [2.24, 2.45) is 5.92 Å². The van der Waals surface area contributed by atoms with E-state index in [4.69, 9.17) is 11.8 Å². The number of benzene rings is 1. The third-order valence-electron chi connectivity index (χ3n) is 4.64. The minimum Gasteiger partial charge on any atom is -0.485 e. The molecule has 30 heavy (non-hydrogen) atoms. The van der Waals surface area contributed by atoms with Crippen LogP contribution in [0.25, 0.3) is 11.1 Å². The molecule has 1 saturated carbocycles. The first-order valence-electron chi connectivity index (χ1n) is 10.6. The molecule has 154 valence electrons. The van der Waals surface area contributed by atoms with Gasteiger partial charge in [-0.2, -0.15) is 5.10 Å². The van der Waals surface area contributed by atoms with E-state index in [9.17, 15) is 5.11 Å². The number of pyridine rings is 1. The lowest BCUT2D eigenvalue weighted by Gasteiger charge is -2.10. The largest absolute Gasteiger partial charge is 0.485 e. The first-order chi connectivity index (χ1) is 14.8. The number of hydrogen-bond acceptors (Lipinski definition) is 5. The Balaban J connectivity index is 1.48. The fraction of sp³-hybridized carbons (Fsp3) is 0.333. The van der Waals surface area contributed by atoms with Crippen LogP contribution in [0, 0.1) is 17.8 Å². The van der Waals surface area contributed by atoms with Gasteiger partial charge in [-0.3, -0.25) is 4.68 Å². The fourth-order valence-corrected chi connectivity index (χ4v) is 2.88. The number of nitrogens with two attached hydrogens (primary N) is 1. The van der Waals surface area contributed by atoms with Crippen LogP contribution in [0.1, 0.15) is 39.2 Å². The zero-order valence-corrected chi connectivity index (χ0v) is 17.2. The van der Waals surface area contributed by atoms with Gasteiger partial charge in [-0.25, -0.2) is 4.98 Å². The molecule has 3 N–H and O–H groups in total. The van der Waals surface area contributed by atoms with Crippen molar-refractivity contribution in [3.8, 4) is 28.7 Å². The van der Waals surface area contributed by atoms with Crippen molar-refractivity contribution in [1.29, 1.82) is 0 Å². The number of rotatable bonds is 6. The van der Waals surface area contributed by atoms with E-state index in [2.05, 4.69) is 21.9 Å². The summed E-state index contributed by atoms with van der Waals surface area (Å²) in [6.07, 6.45) is 7.49. The third-order valence-corrected chi connectivity index (χ3v) is 4.64. The minimum atomic E-state index is -1.04. The van der Waals surface area contributed by atoms with E-state index in [-0.39, 0.29) is 6.52 Å². The summed E-state index contributed by atoms with van der Waals surface area (Å²) in [5, 5.41) is 14.1. The van der Waals surface area contributed by atoms with E-state index in [1.807, 2.05) is 36.5 Å². The summed E-state index contributed by atoms with van der Waals surface area (Å²) in [5.74, 6) is 6.98. The first-order valence-corrected chi connectivity index (χ1v) is 9.98. The van der Waals surface area contributed by atoms with Crippen LogP contribution < -0.4 is 10.5 Å². The van der Waals surface area contributed by atoms with Gasteiger partial charge in [0.2, 0.25) is 0 Å². The average Bonchev–Trinajstić information content (AvgIpc) is 3.47. The van der Waals surface area contributed by atoms with Crippen molar-refractivity contribution in [2.75, 3.05) is 5.73 Å². The SMILES string of the molecule is [2H]C(C1CC1)n1cc(-c2cnc(N)c(OCc3cccc(C#CC(C)(C)O)c3)c2)cn1. The molecule has 0 radical (unpaired) electrons. The van der Waals surface area contributed by atoms with Crippen LogP contribution in [0.15, 0.2) is 48.9 Å². The summed E-state index contributed by atoms with van der Waals surface area (Å²) in [7, 11) is 0. The third kappa shape index (κ3) is 5.40. The van der Waals surface area contributed by atoms with Crippen molar-refractivity contribution in [2.45, 2.75) is 45.4 Å². The molecule has 0 saturated heterocycles. The molecule has 0 amide bonds. The summed E-state index contributed by atoms with van der Waals surface area (Å²) in [4.78, 5) is 4.26. The second-order valence-electron chi connectivity index (χ2n) is 8.10. The molecule has 3 aromatic rings. The smallest absolute Gasteiger partial charge is 0.166 e. The zero-order chi connectivity index (χ0) is 22.0. The van der Waals surface area contributed by atoms with Gasteiger partial charge in [0.05, 0.1) is 7.57 Å². The molecule has 0 spiro atoms. The number of aliphatic hydroxyl groups is 1. The summed E-state index contributed by atoms with van der Waals surface area (Å²) in [6, 6.07) is 9.49. The fourth-order valence-electron chi connectivity index (χ4n) is 2.88. The molecular formula is C24H26N4O2. The second kappa shape index (κ2) is 8.21. The van der Waals surface area contributed by atoms with Gasteiger partial charge in [0.15, 0.2) is 11.6 Å². The van der Waals surface area contributed by atoms with Gasteiger partial charge in [0, 0.05) is 35.6 Å². The molecule has 2 heterocycles. The summed E-state index contributed by atoms with van der Waals surface area (Å²) < 4.78 is 15.9. The zero-order valence-electron chi connectivity index (χ0n) is 18.2. The Morgan fingerprint density at radius 3 is 2.90 bits per heavy atom. The molecule has 2 aromatic heterocycles. The highest BCUT2D eigenvalue weighted by Gasteiger charge is 2.22. The molecule has 1 atom stereocenters. The Morgan fingerprint density at radius 2 is 2.13 bits per heavy atom. The van der Waals surface area contributed by atoms with Gasteiger partial charge >= 0.3 is 0 Å². The van der Waals surface area contributed by atoms with Gasteiger partial charge in [-0.05, 0) is 56.4 Å². The predicted molar refractivity (Wildman–Crippen MR) is 117 cm³/mol. The molecule has 6 nitrogen and oxygen atoms in total. The van der Waals surface area contributed by atoms with Crippen molar-refractivity contribution < 1.29 is 11.2 Å². The summed E-state index contributed by atoms with van der Waals surface area (Å²) in [6.45, 7) is 3.27. The molecule has 0 bridgehead atoms. The Kier molecular flexibility index (Phi) is 5.12. The monoisotopic (exact) mass is 403 g/mol. The molecule has 6 heteroatoms. The Labute approximate surface area is 178 Å². The van der Waals surface area contributed by atoms with E-state index in [1.54, 1.807) is 30.9 Å². The van der Waals surface area contributed by atoms with E-state index in [0.717, 1.165) is 35.1 Å². The van der Waals surface area contributed by atoms with E-state index >= 15 is 0 Å². The summed E-state index contributed by atoms with van der Waals surface area (Å²) in [5.41, 5.74) is 8.42.